The summed E-state index contributed by atoms with van der Waals surface area (Å²) < 4.78 is 48.0. The minimum absolute atomic E-state index is 0. The molecule has 7 aliphatic rings. The Bertz CT molecular complexity index is 1300. The molecule has 5 aliphatic heterocycles. The number of nitrogens with one attached hydrogen (secondary N) is 1. The number of hydrogen-bond acceptors (Lipinski definition) is 3. The third-order valence-corrected chi connectivity index (χ3v) is 11.3. The third-order valence-electron chi connectivity index (χ3n) is 9.94. The summed E-state index contributed by atoms with van der Waals surface area (Å²) in [5.74, 6) is 2.61. The van der Waals surface area contributed by atoms with Crippen LogP contribution in [0.1, 0.15) is 119 Å². The van der Waals surface area contributed by atoms with E-state index in [0.717, 1.165) is 67.3 Å². The fourth-order valence-corrected chi connectivity index (χ4v) is 9.18. The second kappa shape index (κ2) is 14.4. The molecule has 1 N–H and O–H groups in total. The van der Waals surface area contributed by atoms with Crippen molar-refractivity contribution in [1.29, 1.82) is 0 Å². The minimum Gasteiger partial charge on any atom is -0.769 e. The number of rotatable bonds is 3. The number of nitrogens with zero attached hydrogens (tertiary/aromatic N) is 2. The maximum atomic E-state index is 9.00. The van der Waals surface area contributed by atoms with Crippen LogP contribution in [0.3, 0.4) is 0 Å². The zero-order chi connectivity index (χ0) is 33.7. The molecule has 3 fully saturated rings. The molecule has 43 heavy (non-hydrogen) atoms. The molecule has 0 aromatic carbocycles. The van der Waals surface area contributed by atoms with E-state index in [0.29, 0.717) is 23.5 Å². The monoisotopic (exact) mass is 787 g/mol. The van der Waals surface area contributed by atoms with Gasteiger partial charge in [0.2, 0.25) is 0 Å². The first-order chi connectivity index (χ1) is 22.1. The summed E-state index contributed by atoms with van der Waals surface area (Å²) in [6.45, 7) is 10.1. The molecule has 6 heteroatoms. The van der Waals surface area contributed by atoms with Gasteiger partial charge in [0.15, 0.2) is 0 Å². The summed E-state index contributed by atoms with van der Waals surface area (Å²) in [4.78, 5) is 1.14. The van der Waals surface area contributed by atoms with Gasteiger partial charge in [-0.2, -0.15) is 11.6 Å². The van der Waals surface area contributed by atoms with Gasteiger partial charge >= 0.3 is 0 Å². The van der Waals surface area contributed by atoms with Gasteiger partial charge in [0.1, 0.15) is 6.23 Å². The van der Waals surface area contributed by atoms with Crippen LogP contribution < -0.4 is 5.32 Å². The van der Waals surface area contributed by atoms with Crippen LogP contribution in [0.4, 0.5) is 0 Å². The van der Waals surface area contributed by atoms with Crippen molar-refractivity contribution in [2.45, 2.75) is 136 Å². The van der Waals surface area contributed by atoms with E-state index in [-0.39, 0.29) is 38.3 Å². The van der Waals surface area contributed by atoms with E-state index in [2.05, 4.69) is 43.1 Å². The van der Waals surface area contributed by atoms with E-state index in [4.69, 9.17) is 16.9 Å². The topological polar surface area (TPSA) is 49.5 Å². The van der Waals surface area contributed by atoms with E-state index < -0.39 is 24.7 Å². The minimum atomic E-state index is -2.01. The van der Waals surface area contributed by atoms with Gasteiger partial charge in [0, 0.05) is 38.9 Å². The predicted molar refractivity (Wildman–Crippen MR) is 178 cm³/mol. The zero-order valence-corrected chi connectivity index (χ0v) is 30.0. The standard InChI is InChI=1S/C25H38N2OS.C12H17N.Ir/c1-14-9-10-17-16-7-6-8-18(23(16)28-24(17)27-14)21-11-19-20(12-25(3,4)5)15(2)29-22(19)13-26-21;1-10-7-8-12(13-9-10)11-5-3-2-4-6-11;/h8,14,16-17,19,21-22,24,27H,6-7,9-13H2,1-5H3;8,10H,2-5,7,9H2,1H3;/q2*-2;/t14-,16?,17?,19+,21-,22?,24?;10-;/m10./s1/i1D3,12D2;;. The molecule has 1 radical (unpaired) electrons. The van der Waals surface area contributed by atoms with Crippen molar-refractivity contribution >= 4 is 11.8 Å². The van der Waals surface area contributed by atoms with Crippen molar-refractivity contribution in [3.8, 4) is 0 Å². The van der Waals surface area contributed by atoms with Crippen LogP contribution in [0.25, 0.3) is 10.6 Å². The third kappa shape index (κ3) is 7.84. The van der Waals surface area contributed by atoms with Crippen molar-refractivity contribution in [3.05, 3.63) is 62.3 Å². The molecule has 5 heterocycles. The zero-order valence-electron chi connectivity index (χ0n) is 31.8. The second-order valence-electron chi connectivity index (χ2n) is 14.6. The van der Waals surface area contributed by atoms with Crippen molar-refractivity contribution < 1.29 is 31.7 Å². The molecule has 0 aromatic heterocycles. The molecule has 243 valence electrons. The van der Waals surface area contributed by atoms with Gasteiger partial charge in [0.25, 0.3) is 0 Å². The first-order valence-electron chi connectivity index (χ1n) is 19.2. The Labute approximate surface area is 287 Å². The van der Waals surface area contributed by atoms with E-state index >= 15 is 0 Å². The van der Waals surface area contributed by atoms with Crippen LogP contribution in [0.5, 0.6) is 0 Å². The SMILES string of the molecule is C[C@H]1CC=C(C2=[C-]CCCC2)[N-]C1.[2H]C([2H])([2H])[C@@H]1CCC2C(N1)OC1=C([C@H]3C[C@H]4C(C([2H])([2H])C(C)(C)C)=C(C)SC4C[N-]3)[CH-]CCC12.[Ir]. The normalized spacial score (nSPS) is 39.5. The van der Waals surface area contributed by atoms with E-state index in [1.54, 1.807) is 0 Å². The average Bonchev–Trinajstić information content (AvgIpc) is 3.57. The maximum absolute atomic E-state index is 9.00. The van der Waals surface area contributed by atoms with Gasteiger partial charge in [0.05, 0.1) is 0 Å². The Morgan fingerprint density at radius 1 is 1.21 bits per heavy atom. The number of fused-ring (bicyclic) bond motifs is 4. The Morgan fingerprint density at radius 2 is 2.07 bits per heavy atom. The van der Waals surface area contributed by atoms with Gasteiger partial charge in [-0.05, 0) is 66.2 Å². The quantitative estimate of drug-likeness (QED) is 0.290. The molecule has 4 unspecified atom stereocenters. The smallest absolute Gasteiger partial charge is 0.131 e. The van der Waals surface area contributed by atoms with Crippen LogP contribution in [-0.2, 0) is 24.8 Å². The fourth-order valence-electron chi connectivity index (χ4n) is 7.82. The summed E-state index contributed by atoms with van der Waals surface area (Å²) in [5, 5.41) is 13.3. The van der Waals surface area contributed by atoms with Gasteiger partial charge in [-0.1, -0.05) is 77.7 Å². The molecule has 0 aromatic rings. The van der Waals surface area contributed by atoms with Crippen molar-refractivity contribution in [3.63, 3.8) is 0 Å². The Kier molecular flexibility index (Phi) is 9.20. The van der Waals surface area contributed by atoms with Gasteiger partial charge in [-0.3, -0.25) is 11.4 Å². The van der Waals surface area contributed by atoms with E-state index in [1.807, 2.05) is 32.5 Å². The molecule has 8 atom stereocenters. The second-order valence-corrected chi connectivity index (χ2v) is 16.0. The first kappa shape index (κ1) is 27.5. The Morgan fingerprint density at radius 3 is 2.79 bits per heavy atom. The largest absolute Gasteiger partial charge is 0.769 e. The van der Waals surface area contributed by atoms with Gasteiger partial charge < -0.3 is 21.1 Å². The molecule has 0 bridgehead atoms. The number of ether oxygens (including phenoxy) is 1. The first-order valence-corrected chi connectivity index (χ1v) is 17.5. The van der Waals surface area contributed by atoms with Gasteiger partial charge in [-0.15, -0.1) is 43.7 Å². The molecule has 7 rings (SSSR count). The number of thioether (sulfide) groups is 1. The Hall–Kier alpha value is -0.651. The number of piperidine rings is 2. The van der Waals surface area contributed by atoms with Crippen LogP contribution in [0.2, 0.25) is 0 Å². The summed E-state index contributed by atoms with van der Waals surface area (Å²) in [6, 6.07) is -0.484. The molecular weight excluding hydrogens is 727 g/mol. The van der Waals surface area contributed by atoms with Crippen molar-refractivity contribution in [1.82, 2.24) is 5.32 Å². The summed E-state index contributed by atoms with van der Waals surface area (Å²) in [6.07, 6.45) is 17.0. The van der Waals surface area contributed by atoms with E-state index in [1.165, 1.54) is 42.5 Å². The summed E-state index contributed by atoms with van der Waals surface area (Å²) in [7, 11) is 0. The van der Waals surface area contributed by atoms with Crippen LogP contribution in [0.15, 0.2) is 39.2 Å². The van der Waals surface area contributed by atoms with Gasteiger partial charge in [-0.25, -0.2) is 12.0 Å². The average molecular weight is 787 g/mol. The number of allylic oxidation sites excluding steroid dienone is 6. The molecular formula is C37H55IrN3OS-4. The summed E-state index contributed by atoms with van der Waals surface area (Å²) in [5.41, 5.74) is 4.33. The molecule has 3 saturated heterocycles. The van der Waals surface area contributed by atoms with Crippen LogP contribution in [0, 0.1) is 41.6 Å². The predicted octanol–water partition coefficient (Wildman–Crippen LogP) is 9.77. The summed E-state index contributed by atoms with van der Waals surface area (Å²) >= 11 is 1.81. The number of hydrogen-bond donors (Lipinski definition) is 1. The van der Waals surface area contributed by atoms with Crippen LogP contribution in [-0.4, -0.2) is 36.7 Å². The Balaban J connectivity index is 0.000000270. The maximum Gasteiger partial charge on any atom is 0.131 e. The van der Waals surface area contributed by atoms with E-state index in [9.17, 15) is 0 Å². The molecule has 0 amide bonds. The molecule has 2 aliphatic carbocycles. The molecule has 0 saturated carbocycles. The molecule has 4 nitrogen and oxygen atoms in total. The van der Waals surface area contributed by atoms with Crippen molar-refractivity contribution in [2.75, 3.05) is 13.1 Å². The van der Waals surface area contributed by atoms with Crippen molar-refractivity contribution in [2.24, 2.45) is 29.1 Å². The van der Waals surface area contributed by atoms with Crippen LogP contribution >= 0.6 is 11.8 Å². The fraction of sp³-hybridized carbons (Fsp3) is 0.757. The molecule has 0 spiro atoms.